The van der Waals surface area contributed by atoms with Crippen LogP contribution in [0.3, 0.4) is 0 Å². The van der Waals surface area contributed by atoms with E-state index in [4.69, 9.17) is 5.73 Å². The van der Waals surface area contributed by atoms with Crippen molar-refractivity contribution in [2.45, 2.75) is 39.7 Å². The summed E-state index contributed by atoms with van der Waals surface area (Å²) in [5.41, 5.74) is 4.82. The van der Waals surface area contributed by atoms with E-state index in [2.05, 4.69) is 5.32 Å². The van der Waals surface area contributed by atoms with Gasteiger partial charge in [0.2, 0.25) is 5.91 Å². The molecule has 17 heavy (non-hydrogen) atoms. The molecule has 0 aromatic heterocycles. The maximum absolute atomic E-state index is 11.2. The van der Waals surface area contributed by atoms with Crippen molar-refractivity contribution in [2.24, 2.45) is 23.0 Å². The van der Waals surface area contributed by atoms with Gasteiger partial charge in [0.25, 0.3) is 0 Å². The van der Waals surface area contributed by atoms with E-state index >= 15 is 0 Å². The number of aliphatic carboxylic acids is 1. The third-order valence-electron chi connectivity index (χ3n) is 4.28. The molecular weight excluding hydrogens is 220 g/mol. The van der Waals surface area contributed by atoms with E-state index in [1.165, 1.54) is 0 Å². The van der Waals surface area contributed by atoms with Gasteiger partial charge in [0.15, 0.2) is 0 Å². The number of carbonyl (C=O) groups is 2. The first kappa shape index (κ1) is 14.0. The van der Waals surface area contributed by atoms with Crippen LogP contribution >= 0.6 is 0 Å². The van der Waals surface area contributed by atoms with Gasteiger partial charge in [-0.15, -0.1) is 0 Å². The molecule has 0 saturated heterocycles. The minimum absolute atomic E-state index is 0.156. The lowest BCUT2D eigenvalue weighted by Crippen LogP contribution is -2.52. The lowest BCUT2D eigenvalue weighted by atomic mass is 9.61. The molecule has 0 aromatic carbocycles. The van der Waals surface area contributed by atoms with Crippen LogP contribution in [0, 0.1) is 17.3 Å². The molecular formula is C12H22N2O3. The van der Waals surface area contributed by atoms with Crippen molar-refractivity contribution >= 4 is 11.9 Å². The molecule has 1 amide bonds. The van der Waals surface area contributed by atoms with Crippen LogP contribution in [0.2, 0.25) is 0 Å². The number of primary amides is 1. The molecule has 0 spiro atoms. The summed E-state index contributed by atoms with van der Waals surface area (Å²) in [6.07, 6.45) is 1.41. The molecule has 0 aromatic rings. The van der Waals surface area contributed by atoms with Crippen LogP contribution in [-0.4, -0.2) is 29.6 Å². The van der Waals surface area contributed by atoms with Crippen LogP contribution in [0.5, 0.6) is 0 Å². The molecule has 5 heteroatoms. The third-order valence-corrected chi connectivity index (χ3v) is 4.28. The summed E-state index contributed by atoms with van der Waals surface area (Å²) < 4.78 is 0. The second kappa shape index (κ2) is 5.04. The average molecular weight is 242 g/mol. The van der Waals surface area contributed by atoms with Gasteiger partial charge < -0.3 is 16.2 Å². The van der Waals surface area contributed by atoms with E-state index in [1.54, 1.807) is 0 Å². The molecule has 1 rings (SSSR count). The van der Waals surface area contributed by atoms with E-state index in [0.29, 0.717) is 6.42 Å². The van der Waals surface area contributed by atoms with Gasteiger partial charge in [-0.1, -0.05) is 20.8 Å². The highest BCUT2D eigenvalue weighted by Gasteiger charge is 2.46. The summed E-state index contributed by atoms with van der Waals surface area (Å²) in [6.45, 7) is 6.15. The predicted molar refractivity (Wildman–Crippen MR) is 64.3 cm³/mol. The molecule has 0 aliphatic heterocycles. The number of nitrogens with one attached hydrogen (secondary N) is 1. The van der Waals surface area contributed by atoms with Gasteiger partial charge in [-0.2, -0.15) is 0 Å². The summed E-state index contributed by atoms with van der Waals surface area (Å²) in [5.74, 6) is -1.23. The molecule has 0 bridgehead atoms. The van der Waals surface area contributed by atoms with E-state index in [-0.39, 0.29) is 35.7 Å². The molecule has 1 fully saturated rings. The highest BCUT2D eigenvalue weighted by molar-refractivity contribution is 5.76. The molecule has 98 valence electrons. The van der Waals surface area contributed by atoms with E-state index in [1.807, 2.05) is 20.8 Å². The number of amides is 1. The molecule has 3 atom stereocenters. The number of carboxylic acids is 1. The second-order valence-corrected chi connectivity index (χ2v) is 5.53. The lowest BCUT2D eigenvalue weighted by Gasteiger charge is -2.46. The first-order valence-electron chi connectivity index (χ1n) is 6.01. The minimum Gasteiger partial charge on any atom is -0.481 e. The Kier molecular flexibility index (Phi) is 4.14. The minimum atomic E-state index is -0.727. The Balaban J connectivity index is 2.71. The number of carbonyl (C=O) groups excluding carboxylic acids is 1. The van der Waals surface area contributed by atoms with Gasteiger partial charge in [-0.3, -0.25) is 9.59 Å². The Hall–Kier alpha value is -1.10. The number of rotatable bonds is 4. The van der Waals surface area contributed by atoms with Gasteiger partial charge in [-0.05, 0) is 24.2 Å². The Bertz CT molecular complexity index is 315. The summed E-state index contributed by atoms with van der Waals surface area (Å²) >= 11 is 0. The monoisotopic (exact) mass is 242 g/mol. The number of hydrogen-bond acceptors (Lipinski definition) is 3. The highest BCUT2D eigenvalue weighted by atomic mass is 16.4. The normalized spacial score (nSPS) is 32.1. The third kappa shape index (κ3) is 2.97. The second-order valence-electron chi connectivity index (χ2n) is 5.53. The van der Waals surface area contributed by atoms with Crippen molar-refractivity contribution in [3.63, 3.8) is 0 Å². The van der Waals surface area contributed by atoms with Crippen molar-refractivity contribution in [3.05, 3.63) is 0 Å². The summed E-state index contributed by atoms with van der Waals surface area (Å²) in [6, 6.07) is 0.160. The molecule has 1 saturated carbocycles. The Labute approximate surface area is 102 Å². The number of hydrogen-bond donors (Lipinski definition) is 3. The fourth-order valence-electron chi connectivity index (χ4n) is 2.76. The molecule has 1 aliphatic carbocycles. The van der Waals surface area contributed by atoms with E-state index < -0.39 is 5.97 Å². The average Bonchev–Trinajstić information content (AvgIpc) is 2.19. The Morgan fingerprint density at radius 3 is 2.47 bits per heavy atom. The largest absolute Gasteiger partial charge is 0.481 e. The van der Waals surface area contributed by atoms with Gasteiger partial charge >= 0.3 is 5.97 Å². The van der Waals surface area contributed by atoms with Crippen molar-refractivity contribution in [1.29, 1.82) is 0 Å². The zero-order chi connectivity index (χ0) is 13.2. The number of nitrogens with two attached hydrogens (primary N) is 1. The van der Waals surface area contributed by atoms with Crippen LogP contribution in [0.1, 0.15) is 33.6 Å². The smallest absolute Gasteiger partial charge is 0.307 e. The van der Waals surface area contributed by atoms with Crippen LogP contribution in [0.15, 0.2) is 0 Å². The molecule has 4 N–H and O–H groups in total. The molecule has 3 unspecified atom stereocenters. The summed E-state index contributed by atoms with van der Waals surface area (Å²) in [7, 11) is 0. The van der Waals surface area contributed by atoms with Crippen molar-refractivity contribution in [1.82, 2.24) is 5.32 Å². The topological polar surface area (TPSA) is 92.4 Å². The zero-order valence-corrected chi connectivity index (χ0v) is 10.7. The first-order valence-corrected chi connectivity index (χ1v) is 6.01. The number of carboxylic acid groups (broad SMARTS) is 1. The maximum atomic E-state index is 11.2. The predicted octanol–water partition coefficient (Wildman–Crippen LogP) is 0.587. The fourth-order valence-corrected chi connectivity index (χ4v) is 2.76. The van der Waals surface area contributed by atoms with Crippen molar-refractivity contribution in [2.75, 3.05) is 6.54 Å². The highest BCUT2D eigenvalue weighted by Crippen LogP contribution is 2.44. The Morgan fingerprint density at radius 1 is 1.41 bits per heavy atom. The summed E-state index contributed by atoms with van der Waals surface area (Å²) in [5, 5.41) is 12.3. The van der Waals surface area contributed by atoms with Gasteiger partial charge in [0, 0.05) is 6.04 Å². The molecule has 0 heterocycles. The first-order chi connectivity index (χ1) is 7.76. The summed E-state index contributed by atoms with van der Waals surface area (Å²) in [4.78, 5) is 21.9. The van der Waals surface area contributed by atoms with E-state index in [9.17, 15) is 14.7 Å². The van der Waals surface area contributed by atoms with E-state index in [0.717, 1.165) is 6.42 Å². The molecule has 0 radical (unpaired) electrons. The van der Waals surface area contributed by atoms with Crippen molar-refractivity contribution < 1.29 is 14.7 Å². The van der Waals surface area contributed by atoms with Gasteiger partial charge in [0.1, 0.15) is 0 Å². The van der Waals surface area contributed by atoms with Gasteiger partial charge in [0.05, 0.1) is 12.5 Å². The van der Waals surface area contributed by atoms with Crippen LogP contribution in [-0.2, 0) is 9.59 Å². The van der Waals surface area contributed by atoms with Crippen molar-refractivity contribution in [3.8, 4) is 0 Å². The molecule has 1 aliphatic rings. The van der Waals surface area contributed by atoms with Gasteiger partial charge in [-0.25, -0.2) is 0 Å². The maximum Gasteiger partial charge on any atom is 0.307 e. The zero-order valence-electron chi connectivity index (χ0n) is 10.7. The quantitative estimate of drug-likeness (QED) is 0.672. The van der Waals surface area contributed by atoms with Crippen LogP contribution < -0.4 is 11.1 Å². The fraction of sp³-hybridized carbons (Fsp3) is 0.833. The molecule has 5 nitrogen and oxygen atoms in total. The standard InChI is InChI=1S/C12H22N2O3/c1-7-9(14-6-10(13)15)5-4-8(11(16)17)12(7,2)3/h7-9,14H,4-6H2,1-3H3,(H2,13,15)(H,16,17). The van der Waals surface area contributed by atoms with Crippen LogP contribution in [0.4, 0.5) is 0 Å². The Morgan fingerprint density at radius 2 is 2.00 bits per heavy atom. The van der Waals surface area contributed by atoms with Crippen LogP contribution in [0.25, 0.3) is 0 Å². The SMILES string of the molecule is CC1C(NCC(N)=O)CCC(C(=O)O)C1(C)C. The lowest BCUT2D eigenvalue weighted by molar-refractivity contribution is -0.150.